The largest absolute Gasteiger partial charge is 0.457 e. The standard InChI is InChI=1S/C40H37N3O13S4/c1-41(40(44)55-19-20-57(2,45)46)58(47,48)36-14-8-5-11-27(36)39-28-21-37(59(49,50)51)32(42-17-15-25-9-3-6-12-30(25)42)23-34(28)56-35-24-33(38(22-29(35)39)60(52,53)54)43-18-16-26-10-4-7-13-31(26)43/h3-14,21-24,39H,15-20H2,1-2H3,(H,49,50,51)(H,52,53,54). The molecule has 314 valence electrons. The number of amides is 1. The Labute approximate surface area is 347 Å². The van der Waals surface area contributed by atoms with Gasteiger partial charge in [0.15, 0.2) is 9.84 Å². The molecule has 0 fully saturated rings. The van der Waals surface area contributed by atoms with Crippen LogP contribution in [0.25, 0.3) is 0 Å². The topological polar surface area (TPSA) is 222 Å². The lowest BCUT2D eigenvalue weighted by atomic mass is 9.82. The molecule has 1 amide bonds. The summed E-state index contributed by atoms with van der Waals surface area (Å²) in [4.78, 5) is 14.9. The number of nitrogens with zero attached hydrogens (tertiary/aromatic N) is 3. The molecule has 0 unspecified atom stereocenters. The summed E-state index contributed by atoms with van der Waals surface area (Å²) in [5, 5.41) is 0. The van der Waals surface area contributed by atoms with Gasteiger partial charge in [-0.05, 0) is 59.9 Å². The second-order valence-electron chi connectivity index (χ2n) is 14.5. The Morgan fingerprint density at radius 3 is 1.62 bits per heavy atom. The summed E-state index contributed by atoms with van der Waals surface area (Å²) in [6.45, 7) is 0.0412. The van der Waals surface area contributed by atoms with E-state index in [-0.39, 0.29) is 43.9 Å². The molecule has 60 heavy (non-hydrogen) atoms. The first kappa shape index (κ1) is 41.2. The van der Waals surface area contributed by atoms with Crippen LogP contribution < -0.4 is 14.5 Å². The maximum Gasteiger partial charge on any atom is 0.423 e. The second-order valence-corrected chi connectivity index (χ2v) is 21.5. The third-order valence-corrected chi connectivity index (χ3v) is 15.2. The van der Waals surface area contributed by atoms with E-state index in [1.165, 1.54) is 36.4 Å². The fourth-order valence-corrected chi connectivity index (χ4v) is 11.0. The molecule has 0 spiro atoms. The number of anilines is 4. The quantitative estimate of drug-likeness (QED) is 0.159. The van der Waals surface area contributed by atoms with Gasteiger partial charge in [-0.1, -0.05) is 54.6 Å². The SMILES string of the molecule is CN(C(=O)OCCS(C)(=O)=O)S(=O)(=O)c1ccccc1C1c2cc(S(=O)(=O)O)c(N3CCc4ccccc43)cc2Oc2cc(N3CCc4ccccc43)c(S(=O)(=O)O)cc21. The molecule has 3 aliphatic heterocycles. The highest BCUT2D eigenvalue weighted by molar-refractivity contribution is 7.90. The van der Waals surface area contributed by atoms with Crippen LogP contribution in [0.3, 0.4) is 0 Å². The predicted molar refractivity (Wildman–Crippen MR) is 220 cm³/mol. The van der Waals surface area contributed by atoms with Gasteiger partial charge in [0, 0.05) is 66.9 Å². The molecule has 0 radical (unpaired) electrons. The van der Waals surface area contributed by atoms with E-state index in [4.69, 9.17) is 9.47 Å². The van der Waals surface area contributed by atoms with Crippen molar-refractivity contribution < 1.29 is 57.0 Å². The van der Waals surface area contributed by atoms with Crippen molar-refractivity contribution in [2.24, 2.45) is 0 Å². The Morgan fingerprint density at radius 2 is 1.13 bits per heavy atom. The van der Waals surface area contributed by atoms with Crippen molar-refractivity contribution in [3.63, 3.8) is 0 Å². The Balaban J connectivity index is 1.36. The normalized spacial score (nSPS) is 15.1. The summed E-state index contributed by atoms with van der Waals surface area (Å²) in [5.41, 5.74) is 3.24. The average Bonchev–Trinajstić information content (AvgIpc) is 3.82. The number of sulfonamides is 1. The van der Waals surface area contributed by atoms with Crippen molar-refractivity contribution in [1.29, 1.82) is 0 Å². The molecule has 5 aromatic carbocycles. The zero-order chi connectivity index (χ0) is 42.9. The van der Waals surface area contributed by atoms with Gasteiger partial charge in [-0.25, -0.2) is 25.9 Å². The monoisotopic (exact) mass is 895 g/mol. The molecule has 0 atom stereocenters. The van der Waals surface area contributed by atoms with E-state index in [9.17, 15) is 47.6 Å². The Morgan fingerprint density at radius 1 is 0.667 bits per heavy atom. The van der Waals surface area contributed by atoms with E-state index < -0.39 is 79.2 Å². The molecule has 0 saturated carbocycles. The van der Waals surface area contributed by atoms with E-state index in [0.717, 1.165) is 36.6 Å². The Kier molecular flexibility index (Phi) is 10.2. The molecule has 0 aliphatic carbocycles. The zero-order valence-corrected chi connectivity index (χ0v) is 35.2. The molecular formula is C40H37N3O13S4. The molecule has 5 aromatic rings. The van der Waals surface area contributed by atoms with Crippen LogP contribution in [-0.4, -0.2) is 91.9 Å². The van der Waals surface area contributed by atoms with Crippen LogP contribution in [0.1, 0.15) is 33.7 Å². The number of para-hydroxylation sites is 2. The maximum atomic E-state index is 14.4. The van der Waals surface area contributed by atoms with Crippen LogP contribution >= 0.6 is 0 Å². The zero-order valence-electron chi connectivity index (χ0n) is 31.9. The highest BCUT2D eigenvalue weighted by atomic mass is 32.2. The van der Waals surface area contributed by atoms with Gasteiger partial charge in [-0.2, -0.15) is 16.8 Å². The summed E-state index contributed by atoms with van der Waals surface area (Å²) >= 11 is 0. The number of hydrogen-bond acceptors (Lipinski definition) is 13. The lowest BCUT2D eigenvalue weighted by Crippen LogP contribution is -2.35. The first-order valence-electron chi connectivity index (χ1n) is 18.4. The van der Waals surface area contributed by atoms with E-state index in [1.807, 2.05) is 24.3 Å². The van der Waals surface area contributed by atoms with Crippen LogP contribution in [0.5, 0.6) is 11.5 Å². The lowest BCUT2D eigenvalue weighted by molar-refractivity contribution is 0.137. The third-order valence-electron chi connectivity index (χ3n) is 10.7. The number of hydrogen-bond donors (Lipinski definition) is 2. The van der Waals surface area contributed by atoms with E-state index in [2.05, 4.69) is 0 Å². The number of rotatable bonds is 10. The number of ether oxygens (including phenoxy) is 2. The summed E-state index contributed by atoms with van der Waals surface area (Å²) < 4.78 is 138. The number of fused-ring (bicyclic) bond motifs is 4. The third kappa shape index (κ3) is 7.47. The second kappa shape index (κ2) is 14.9. The Bertz CT molecular complexity index is 2920. The fraction of sp³-hybridized carbons (Fsp3) is 0.225. The van der Waals surface area contributed by atoms with Gasteiger partial charge >= 0.3 is 6.09 Å². The smallest absolute Gasteiger partial charge is 0.423 e. The molecule has 0 bridgehead atoms. The summed E-state index contributed by atoms with van der Waals surface area (Å²) in [5.74, 6) is -1.88. The van der Waals surface area contributed by atoms with Gasteiger partial charge in [0.25, 0.3) is 30.3 Å². The van der Waals surface area contributed by atoms with Crippen molar-refractivity contribution >= 4 is 68.9 Å². The van der Waals surface area contributed by atoms with E-state index >= 15 is 0 Å². The van der Waals surface area contributed by atoms with E-state index in [1.54, 1.807) is 34.1 Å². The highest BCUT2D eigenvalue weighted by Crippen LogP contribution is 2.54. The lowest BCUT2D eigenvalue weighted by Gasteiger charge is -2.34. The predicted octanol–water partition coefficient (Wildman–Crippen LogP) is 5.66. The van der Waals surface area contributed by atoms with Gasteiger partial charge < -0.3 is 19.3 Å². The van der Waals surface area contributed by atoms with Crippen molar-refractivity contribution in [3.8, 4) is 11.5 Å². The van der Waals surface area contributed by atoms with Gasteiger partial charge in [-0.15, -0.1) is 0 Å². The number of carbonyl (C=O) groups excluding carboxylic acids is 1. The van der Waals surface area contributed by atoms with Crippen molar-refractivity contribution in [2.45, 2.75) is 33.4 Å². The van der Waals surface area contributed by atoms with Crippen LogP contribution in [-0.2, 0) is 57.7 Å². The Hall–Kier alpha value is -5.51. The minimum Gasteiger partial charge on any atom is -0.457 e. The number of sulfone groups is 1. The van der Waals surface area contributed by atoms with Gasteiger partial charge in [0.1, 0.15) is 27.9 Å². The molecule has 3 aliphatic rings. The van der Waals surface area contributed by atoms with Crippen molar-refractivity contribution in [3.05, 3.63) is 125 Å². The highest BCUT2D eigenvalue weighted by Gasteiger charge is 2.40. The minimum atomic E-state index is -5.02. The molecule has 8 rings (SSSR count). The van der Waals surface area contributed by atoms with Gasteiger partial charge in [0.05, 0.1) is 22.0 Å². The van der Waals surface area contributed by atoms with Crippen LogP contribution in [0.4, 0.5) is 27.5 Å². The molecule has 16 nitrogen and oxygen atoms in total. The van der Waals surface area contributed by atoms with E-state index in [0.29, 0.717) is 37.3 Å². The van der Waals surface area contributed by atoms with Gasteiger partial charge in [-0.3, -0.25) is 9.11 Å². The summed E-state index contributed by atoms with van der Waals surface area (Å²) in [6, 6.07) is 25.2. The number of carbonyl (C=O) groups is 1. The first-order chi connectivity index (χ1) is 28.2. The van der Waals surface area contributed by atoms with Crippen molar-refractivity contribution in [1.82, 2.24) is 4.31 Å². The first-order valence-corrected chi connectivity index (χ1v) is 24.7. The van der Waals surface area contributed by atoms with Crippen molar-refractivity contribution in [2.75, 3.05) is 48.6 Å². The molecular weight excluding hydrogens is 859 g/mol. The van der Waals surface area contributed by atoms with Crippen LogP contribution in [0, 0.1) is 0 Å². The molecule has 0 aromatic heterocycles. The van der Waals surface area contributed by atoms with Crippen LogP contribution in [0.15, 0.2) is 112 Å². The molecule has 3 heterocycles. The average molecular weight is 896 g/mol. The van der Waals surface area contributed by atoms with Crippen LogP contribution in [0.2, 0.25) is 0 Å². The fourth-order valence-electron chi connectivity index (χ4n) is 7.96. The number of benzene rings is 5. The minimum absolute atomic E-state index is 0.00653. The summed E-state index contributed by atoms with van der Waals surface area (Å²) in [6.07, 6.45) is 0.634. The van der Waals surface area contributed by atoms with Gasteiger partial charge in [0.2, 0.25) is 0 Å². The maximum absolute atomic E-state index is 14.4. The molecule has 20 heteroatoms. The summed E-state index contributed by atoms with van der Waals surface area (Å²) in [7, 11) is -17.6. The molecule has 2 N–H and O–H groups in total. The molecule has 0 saturated heterocycles.